The third-order valence-corrected chi connectivity index (χ3v) is 4.91. The van der Waals surface area contributed by atoms with E-state index in [1.165, 1.54) is 0 Å². The van der Waals surface area contributed by atoms with Gasteiger partial charge in [0.2, 0.25) is 0 Å². The van der Waals surface area contributed by atoms with Crippen LogP contribution < -0.4 is 4.74 Å². The number of aryl methyl sites for hydroxylation is 2. The van der Waals surface area contributed by atoms with Gasteiger partial charge in [-0.2, -0.15) is 0 Å². The molecule has 4 heteroatoms. The maximum Gasteiger partial charge on any atom is 0.133 e. The van der Waals surface area contributed by atoms with Crippen molar-refractivity contribution in [3.63, 3.8) is 0 Å². The van der Waals surface area contributed by atoms with E-state index in [0.717, 1.165) is 33.2 Å². The van der Waals surface area contributed by atoms with Gasteiger partial charge in [-0.3, -0.25) is 0 Å². The number of nitrogens with one attached hydrogen (secondary N) is 1. The Morgan fingerprint density at radius 1 is 1.21 bits per heavy atom. The molecule has 24 heavy (non-hydrogen) atoms. The van der Waals surface area contributed by atoms with Crippen LogP contribution in [0.15, 0.2) is 36.8 Å². The normalized spacial score (nSPS) is 14.1. The van der Waals surface area contributed by atoms with Gasteiger partial charge in [0.15, 0.2) is 0 Å². The number of H-pyrrole nitrogens is 1. The minimum Gasteiger partial charge on any atom is -0.496 e. The first-order valence-electron chi connectivity index (χ1n) is 8.19. The summed E-state index contributed by atoms with van der Waals surface area (Å²) < 4.78 is 5.52. The first kappa shape index (κ1) is 16.5. The molecule has 0 spiro atoms. The van der Waals surface area contributed by atoms with Crippen LogP contribution in [0.1, 0.15) is 36.2 Å². The number of hydrogen-bond acceptors (Lipinski definition) is 3. The maximum atomic E-state index is 11.4. The predicted molar refractivity (Wildman–Crippen MR) is 96.4 cm³/mol. The fourth-order valence-corrected chi connectivity index (χ4v) is 3.56. The summed E-state index contributed by atoms with van der Waals surface area (Å²) in [7, 11) is 1.70. The smallest absolute Gasteiger partial charge is 0.133 e. The van der Waals surface area contributed by atoms with Crippen molar-refractivity contribution in [1.82, 2.24) is 9.97 Å². The van der Waals surface area contributed by atoms with Gasteiger partial charge in [0.25, 0.3) is 0 Å². The lowest BCUT2D eigenvalue weighted by molar-refractivity contribution is 0.0281. The largest absolute Gasteiger partial charge is 0.496 e. The monoisotopic (exact) mass is 324 g/mol. The van der Waals surface area contributed by atoms with E-state index in [1.807, 2.05) is 26.8 Å². The van der Waals surface area contributed by atoms with Gasteiger partial charge < -0.3 is 14.8 Å². The van der Waals surface area contributed by atoms with Crippen LogP contribution in [0.2, 0.25) is 0 Å². The molecule has 0 aliphatic rings. The lowest BCUT2D eigenvalue weighted by Gasteiger charge is -2.32. The summed E-state index contributed by atoms with van der Waals surface area (Å²) in [6.45, 7) is 8.13. The number of ether oxygens (including phenoxy) is 1. The number of aromatic nitrogens is 2. The number of hydrogen-bond donors (Lipinski definition) is 2. The number of nitrogens with zero attached hydrogens (tertiary/aromatic N) is 1. The van der Waals surface area contributed by atoms with E-state index in [1.54, 1.807) is 19.6 Å². The van der Waals surface area contributed by atoms with Gasteiger partial charge in [0, 0.05) is 0 Å². The molecule has 0 saturated heterocycles. The number of benzene rings is 2. The molecule has 1 atom stereocenters. The molecule has 0 radical (unpaired) electrons. The highest BCUT2D eigenvalue weighted by molar-refractivity contribution is 5.89. The topological polar surface area (TPSA) is 58.1 Å². The molecule has 0 amide bonds. The van der Waals surface area contributed by atoms with Crippen LogP contribution in [0.3, 0.4) is 0 Å². The maximum absolute atomic E-state index is 11.4. The van der Waals surface area contributed by atoms with Gasteiger partial charge in [0.1, 0.15) is 11.4 Å². The lowest BCUT2D eigenvalue weighted by atomic mass is 9.80. The minimum absolute atomic E-state index is 0.00385. The number of aliphatic hydroxyl groups is 1. The van der Waals surface area contributed by atoms with Crippen LogP contribution in [0.25, 0.3) is 10.8 Å². The first-order chi connectivity index (χ1) is 11.4. The molecule has 126 valence electrons. The van der Waals surface area contributed by atoms with Gasteiger partial charge in [-0.25, -0.2) is 4.98 Å². The summed E-state index contributed by atoms with van der Waals surface area (Å²) in [4.78, 5) is 7.14. The summed E-state index contributed by atoms with van der Waals surface area (Å²) >= 11 is 0. The average Bonchev–Trinajstić information content (AvgIpc) is 3.08. The van der Waals surface area contributed by atoms with Crippen molar-refractivity contribution in [2.24, 2.45) is 5.92 Å². The molecule has 0 aliphatic heterocycles. The molecule has 1 aromatic heterocycles. The van der Waals surface area contributed by atoms with Crippen LogP contribution in [0.5, 0.6) is 5.75 Å². The second kappa shape index (κ2) is 5.95. The lowest BCUT2D eigenvalue weighted by Crippen LogP contribution is -2.33. The summed E-state index contributed by atoms with van der Waals surface area (Å²) in [5.74, 6) is 0.916. The van der Waals surface area contributed by atoms with Crippen molar-refractivity contribution < 1.29 is 9.84 Å². The number of imidazole rings is 1. The average molecular weight is 324 g/mol. The highest BCUT2D eigenvalue weighted by Gasteiger charge is 2.36. The van der Waals surface area contributed by atoms with Crippen molar-refractivity contribution in [1.29, 1.82) is 0 Å². The molecule has 2 N–H and O–H groups in total. The Morgan fingerprint density at radius 2 is 1.96 bits per heavy atom. The fraction of sp³-hybridized carbons (Fsp3) is 0.350. The Labute approximate surface area is 142 Å². The van der Waals surface area contributed by atoms with Gasteiger partial charge in [-0.05, 0) is 59.4 Å². The molecule has 4 nitrogen and oxygen atoms in total. The zero-order valence-corrected chi connectivity index (χ0v) is 14.8. The zero-order chi connectivity index (χ0) is 17.5. The molecule has 0 saturated carbocycles. The molecule has 0 fully saturated rings. The van der Waals surface area contributed by atoms with Gasteiger partial charge in [-0.15, -0.1) is 0 Å². The molecular formula is C20H24N2O2. The molecule has 1 unspecified atom stereocenters. The molecule has 3 rings (SSSR count). The number of methoxy groups -OCH3 is 1. The Kier molecular flexibility index (Phi) is 4.10. The van der Waals surface area contributed by atoms with E-state index in [9.17, 15) is 5.11 Å². The van der Waals surface area contributed by atoms with Crippen LogP contribution >= 0.6 is 0 Å². The van der Waals surface area contributed by atoms with Crippen LogP contribution in [-0.2, 0) is 5.60 Å². The third-order valence-electron chi connectivity index (χ3n) is 4.91. The Hall–Kier alpha value is -2.33. The van der Waals surface area contributed by atoms with E-state index in [2.05, 4.69) is 35.1 Å². The van der Waals surface area contributed by atoms with Crippen molar-refractivity contribution in [2.45, 2.75) is 33.3 Å². The summed E-state index contributed by atoms with van der Waals surface area (Å²) in [6.07, 6.45) is 3.29. The Balaban J connectivity index is 2.24. The molecule has 0 aliphatic carbocycles. The molecular weight excluding hydrogens is 300 g/mol. The van der Waals surface area contributed by atoms with Crippen molar-refractivity contribution in [3.05, 3.63) is 59.2 Å². The van der Waals surface area contributed by atoms with Crippen molar-refractivity contribution >= 4 is 10.8 Å². The van der Waals surface area contributed by atoms with Gasteiger partial charge in [0.05, 0.1) is 25.3 Å². The Bertz CT molecular complexity index is 869. The predicted octanol–water partition coefficient (Wildman–Crippen LogP) is 4.08. The van der Waals surface area contributed by atoms with E-state index < -0.39 is 5.60 Å². The van der Waals surface area contributed by atoms with E-state index in [0.29, 0.717) is 5.69 Å². The fourth-order valence-electron chi connectivity index (χ4n) is 3.56. The first-order valence-corrected chi connectivity index (χ1v) is 8.19. The molecule has 1 heterocycles. The third kappa shape index (κ3) is 2.38. The highest BCUT2D eigenvalue weighted by atomic mass is 16.5. The summed E-state index contributed by atoms with van der Waals surface area (Å²) in [5.41, 5.74) is 2.67. The number of rotatable bonds is 4. The summed E-state index contributed by atoms with van der Waals surface area (Å²) in [5, 5.41) is 13.7. The quantitative estimate of drug-likeness (QED) is 0.760. The van der Waals surface area contributed by atoms with E-state index in [-0.39, 0.29) is 5.92 Å². The van der Waals surface area contributed by atoms with Crippen LogP contribution in [0.4, 0.5) is 0 Å². The zero-order valence-electron chi connectivity index (χ0n) is 14.8. The SMILES string of the molecule is COc1c(C)cc2cc(C(O)(c3cnc[nH]3)C(C)C)ccc2c1C. The standard InChI is InChI=1S/C20H24N2O2/c1-12(2)20(23,18-10-21-11-22-18)16-6-7-17-14(4)19(24-5)13(3)8-15(17)9-16/h6-12,23H,1-5H3,(H,21,22). The van der Waals surface area contributed by atoms with Gasteiger partial charge in [-0.1, -0.05) is 26.0 Å². The van der Waals surface area contributed by atoms with Crippen LogP contribution in [0, 0.1) is 19.8 Å². The number of fused-ring (bicyclic) bond motifs is 1. The molecule has 0 bridgehead atoms. The van der Waals surface area contributed by atoms with Crippen LogP contribution in [-0.4, -0.2) is 22.2 Å². The van der Waals surface area contributed by atoms with Crippen molar-refractivity contribution in [2.75, 3.05) is 7.11 Å². The molecule has 2 aromatic carbocycles. The second-order valence-electron chi connectivity index (χ2n) is 6.67. The van der Waals surface area contributed by atoms with E-state index in [4.69, 9.17) is 4.74 Å². The highest BCUT2D eigenvalue weighted by Crippen LogP contribution is 2.38. The second-order valence-corrected chi connectivity index (χ2v) is 6.67. The minimum atomic E-state index is -1.10. The summed E-state index contributed by atoms with van der Waals surface area (Å²) in [6, 6.07) is 8.23. The molecule has 3 aromatic rings. The Morgan fingerprint density at radius 3 is 2.54 bits per heavy atom. The number of aromatic amines is 1. The van der Waals surface area contributed by atoms with Crippen molar-refractivity contribution in [3.8, 4) is 5.75 Å². The van der Waals surface area contributed by atoms with E-state index >= 15 is 0 Å². The van der Waals surface area contributed by atoms with Gasteiger partial charge >= 0.3 is 0 Å².